The molecule has 0 aliphatic carbocycles. The summed E-state index contributed by atoms with van der Waals surface area (Å²) in [6, 6.07) is 7.98. The number of ether oxygens (including phenoxy) is 1. The summed E-state index contributed by atoms with van der Waals surface area (Å²) in [5, 5.41) is 2.88. The van der Waals surface area contributed by atoms with Crippen molar-refractivity contribution in [3.63, 3.8) is 0 Å². The Morgan fingerprint density at radius 1 is 1.24 bits per heavy atom. The zero-order valence-electron chi connectivity index (χ0n) is 13.9. The average Bonchev–Trinajstić information content (AvgIpc) is 2.42. The number of hydrogen-bond acceptors (Lipinski definition) is 3. The number of benzene rings is 1. The van der Waals surface area contributed by atoms with Crippen LogP contribution in [0.4, 0.5) is 5.69 Å². The molecule has 0 fully saturated rings. The third-order valence-corrected chi connectivity index (χ3v) is 3.15. The number of hydrogen-bond donors (Lipinski definition) is 1. The molecule has 1 aromatic carbocycles. The third-order valence-electron chi connectivity index (χ3n) is 3.15. The molecule has 0 saturated carbocycles. The van der Waals surface area contributed by atoms with Gasteiger partial charge in [0.05, 0.1) is 5.60 Å². The van der Waals surface area contributed by atoms with Gasteiger partial charge < -0.3 is 10.1 Å². The Balaban J connectivity index is 2.58. The number of nitrogens with zero attached hydrogens (tertiary/aromatic N) is 1. The van der Waals surface area contributed by atoms with Gasteiger partial charge in [0.25, 0.3) is 0 Å². The third kappa shape index (κ3) is 7.25. The summed E-state index contributed by atoms with van der Waals surface area (Å²) in [5.74, 6) is -0.120. The van der Waals surface area contributed by atoms with Crippen LogP contribution in [0, 0.1) is 0 Å². The fraction of sp³-hybridized carbons (Fsp3) is 0.588. The van der Waals surface area contributed by atoms with E-state index in [9.17, 15) is 4.79 Å². The van der Waals surface area contributed by atoms with E-state index in [1.54, 1.807) is 0 Å². The van der Waals surface area contributed by atoms with Gasteiger partial charge in [0, 0.05) is 12.2 Å². The highest BCUT2D eigenvalue weighted by molar-refractivity contribution is 5.91. The maximum absolute atomic E-state index is 11.9. The zero-order valence-corrected chi connectivity index (χ0v) is 13.9. The maximum atomic E-state index is 11.9. The van der Waals surface area contributed by atoms with Gasteiger partial charge in [0.15, 0.2) is 0 Å². The first-order chi connectivity index (χ1) is 9.84. The largest absolute Gasteiger partial charge is 0.366 e. The van der Waals surface area contributed by atoms with Crippen LogP contribution in [0.25, 0.3) is 0 Å². The predicted octanol–water partition coefficient (Wildman–Crippen LogP) is 3.28. The smallest absolute Gasteiger partial charge is 0.250 e. The van der Waals surface area contributed by atoms with Gasteiger partial charge in [0.1, 0.15) is 6.61 Å². The number of nitrogens with one attached hydrogen (secondary N) is 1. The second-order valence-electron chi connectivity index (χ2n) is 6.11. The summed E-state index contributed by atoms with van der Waals surface area (Å²) in [6.45, 7) is 13.1. The summed E-state index contributed by atoms with van der Waals surface area (Å²) >= 11 is 0. The first kappa shape index (κ1) is 17.7. The Morgan fingerprint density at radius 3 is 2.48 bits per heavy atom. The molecular weight excluding hydrogens is 264 g/mol. The molecule has 4 nitrogen and oxygen atoms in total. The molecule has 4 heteroatoms. The molecule has 21 heavy (non-hydrogen) atoms. The van der Waals surface area contributed by atoms with Crippen molar-refractivity contribution in [2.24, 2.45) is 0 Å². The lowest BCUT2D eigenvalue weighted by Gasteiger charge is -2.20. The molecule has 0 radical (unpaired) electrons. The van der Waals surface area contributed by atoms with E-state index in [1.165, 1.54) is 5.56 Å². The highest BCUT2D eigenvalue weighted by atomic mass is 16.5. The monoisotopic (exact) mass is 292 g/mol. The molecule has 0 spiro atoms. The van der Waals surface area contributed by atoms with Crippen molar-refractivity contribution in [2.75, 3.05) is 25.0 Å². The van der Waals surface area contributed by atoms with Crippen LogP contribution in [-0.2, 0) is 16.1 Å². The van der Waals surface area contributed by atoms with Crippen LogP contribution < -0.4 is 5.32 Å². The number of amides is 1. The van der Waals surface area contributed by atoms with Crippen LogP contribution in [0.3, 0.4) is 0 Å². The highest BCUT2D eigenvalue weighted by Gasteiger charge is 2.13. The summed E-state index contributed by atoms with van der Waals surface area (Å²) in [5.41, 5.74) is 1.72. The fourth-order valence-corrected chi connectivity index (χ4v) is 1.93. The molecule has 0 atom stereocenters. The van der Waals surface area contributed by atoms with Gasteiger partial charge >= 0.3 is 0 Å². The summed E-state index contributed by atoms with van der Waals surface area (Å²) < 4.78 is 5.47. The second kappa shape index (κ2) is 8.15. The second-order valence-corrected chi connectivity index (χ2v) is 6.11. The Labute approximate surface area is 128 Å². The number of rotatable bonds is 7. The van der Waals surface area contributed by atoms with E-state index in [-0.39, 0.29) is 18.1 Å². The normalized spacial score (nSPS) is 11.7. The van der Waals surface area contributed by atoms with Gasteiger partial charge in [0.2, 0.25) is 5.91 Å². The van der Waals surface area contributed by atoms with Gasteiger partial charge in [-0.05, 0) is 51.6 Å². The minimum absolute atomic E-state index is 0.0732. The molecule has 0 unspecified atom stereocenters. The fourth-order valence-electron chi connectivity index (χ4n) is 1.93. The van der Waals surface area contributed by atoms with E-state index in [0.29, 0.717) is 0 Å². The Kier molecular flexibility index (Phi) is 6.85. The summed E-state index contributed by atoms with van der Waals surface area (Å²) in [7, 11) is 0. The van der Waals surface area contributed by atoms with Gasteiger partial charge in [-0.25, -0.2) is 0 Å². The van der Waals surface area contributed by atoms with Crippen LogP contribution in [-0.4, -0.2) is 36.1 Å². The molecule has 1 aromatic rings. The van der Waals surface area contributed by atoms with Crippen molar-refractivity contribution in [1.29, 1.82) is 0 Å². The topological polar surface area (TPSA) is 41.6 Å². The zero-order chi connectivity index (χ0) is 15.9. The average molecular weight is 292 g/mol. The van der Waals surface area contributed by atoms with Crippen LogP contribution in [0.1, 0.15) is 40.2 Å². The molecule has 0 aromatic heterocycles. The van der Waals surface area contributed by atoms with Crippen molar-refractivity contribution in [3.05, 3.63) is 29.8 Å². The van der Waals surface area contributed by atoms with Crippen LogP contribution in [0.15, 0.2) is 24.3 Å². The molecule has 0 saturated heterocycles. The molecule has 1 rings (SSSR count). The number of carbonyl (C=O) groups excluding carboxylic acids is 1. The van der Waals surface area contributed by atoms with Gasteiger partial charge in [-0.1, -0.05) is 26.0 Å². The van der Waals surface area contributed by atoms with Crippen molar-refractivity contribution >= 4 is 11.6 Å². The Hall–Kier alpha value is -1.39. The van der Waals surface area contributed by atoms with E-state index >= 15 is 0 Å². The molecule has 0 heterocycles. The van der Waals surface area contributed by atoms with Crippen molar-refractivity contribution in [2.45, 2.75) is 46.8 Å². The lowest BCUT2D eigenvalue weighted by molar-refractivity contribution is -0.125. The van der Waals surface area contributed by atoms with Crippen LogP contribution in [0.5, 0.6) is 0 Å². The summed E-state index contributed by atoms with van der Waals surface area (Å²) in [6.07, 6.45) is 0. The molecule has 1 N–H and O–H groups in total. The van der Waals surface area contributed by atoms with E-state index < -0.39 is 0 Å². The van der Waals surface area contributed by atoms with Crippen molar-refractivity contribution in [3.8, 4) is 0 Å². The van der Waals surface area contributed by atoms with Gasteiger partial charge in [-0.15, -0.1) is 0 Å². The van der Waals surface area contributed by atoms with E-state index in [4.69, 9.17) is 4.74 Å². The van der Waals surface area contributed by atoms with E-state index in [2.05, 4.69) is 30.1 Å². The molecule has 0 aliphatic rings. The SMILES string of the molecule is CCN(CC)Cc1cccc(NC(=O)COC(C)(C)C)c1. The van der Waals surface area contributed by atoms with Crippen molar-refractivity contribution in [1.82, 2.24) is 4.90 Å². The first-order valence-corrected chi connectivity index (χ1v) is 7.59. The van der Waals surface area contributed by atoms with Crippen LogP contribution >= 0.6 is 0 Å². The van der Waals surface area contributed by atoms with E-state index in [1.807, 2.05) is 39.0 Å². The maximum Gasteiger partial charge on any atom is 0.250 e. The van der Waals surface area contributed by atoms with Crippen molar-refractivity contribution < 1.29 is 9.53 Å². The Morgan fingerprint density at radius 2 is 1.90 bits per heavy atom. The lowest BCUT2D eigenvalue weighted by Crippen LogP contribution is -2.27. The molecule has 0 aliphatic heterocycles. The number of anilines is 1. The predicted molar refractivity (Wildman–Crippen MR) is 87.4 cm³/mol. The standard InChI is InChI=1S/C17H28N2O2/c1-6-19(7-2)12-14-9-8-10-15(11-14)18-16(20)13-21-17(3,4)5/h8-11H,6-7,12-13H2,1-5H3,(H,18,20). The Bertz CT molecular complexity index is 448. The number of carbonyl (C=O) groups is 1. The molecule has 0 bridgehead atoms. The van der Waals surface area contributed by atoms with Gasteiger partial charge in [-0.3, -0.25) is 9.69 Å². The molecule has 1 amide bonds. The first-order valence-electron chi connectivity index (χ1n) is 7.59. The summed E-state index contributed by atoms with van der Waals surface area (Å²) in [4.78, 5) is 14.2. The van der Waals surface area contributed by atoms with E-state index in [0.717, 1.165) is 25.3 Å². The minimum Gasteiger partial charge on any atom is -0.366 e. The lowest BCUT2D eigenvalue weighted by atomic mass is 10.2. The van der Waals surface area contributed by atoms with Gasteiger partial charge in [-0.2, -0.15) is 0 Å². The molecule has 118 valence electrons. The quantitative estimate of drug-likeness (QED) is 0.838. The minimum atomic E-state index is -0.304. The van der Waals surface area contributed by atoms with Crippen LogP contribution in [0.2, 0.25) is 0 Å². The molecular formula is C17H28N2O2. The highest BCUT2D eigenvalue weighted by Crippen LogP contribution is 2.13.